The first-order valence-corrected chi connectivity index (χ1v) is 6.95. The van der Waals surface area contributed by atoms with Gasteiger partial charge in [0.1, 0.15) is 0 Å². The third-order valence-electron chi connectivity index (χ3n) is 2.45. The molecule has 0 fully saturated rings. The van der Waals surface area contributed by atoms with Crippen LogP contribution in [0, 0.1) is 0 Å². The van der Waals surface area contributed by atoms with Crippen LogP contribution < -0.4 is 10.5 Å². The predicted octanol–water partition coefficient (Wildman–Crippen LogP) is 0.739. The van der Waals surface area contributed by atoms with Crippen LogP contribution in [0.4, 0.5) is 5.69 Å². The zero-order chi connectivity index (χ0) is 13.9. The second kappa shape index (κ2) is 6.90. The zero-order valence-corrected chi connectivity index (χ0v) is 10.7. The van der Waals surface area contributed by atoms with E-state index < -0.39 is 15.9 Å². The van der Waals surface area contributed by atoms with Crippen molar-refractivity contribution in [1.82, 2.24) is 4.72 Å². The minimum atomic E-state index is -3.88. The number of sulfonamides is 1. The summed E-state index contributed by atoms with van der Waals surface area (Å²) in [7, 11) is -3.88. The predicted molar refractivity (Wildman–Crippen MR) is 79.1 cm³/mol. The number of nitrogens with one attached hydrogen (secondary N) is 1. The van der Waals surface area contributed by atoms with Gasteiger partial charge >= 0.3 is 29.6 Å². The molecule has 3 N–H and O–H groups in total. The van der Waals surface area contributed by atoms with Crippen LogP contribution in [-0.4, -0.2) is 43.9 Å². The summed E-state index contributed by atoms with van der Waals surface area (Å²) in [5.41, 5.74) is 6.21. The molecular formula is C13H13N2NaO3S. The van der Waals surface area contributed by atoms with Crippen LogP contribution in [0.2, 0.25) is 0 Å². The summed E-state index contributed by atoms with van der Waals surface area (Å²) in [5.74, 6) is -0.669. The van der Waals surface area contributed by atoms with Crippen molar-refractivity contribution in [3.05, 3.63) is 60.2 Å². The molecule has 2 rings (SSSR count). The van der Waals surface area contributed by atoms with Crippen molar-refractivity contribution in [2.45, 2.75) is 4.90 Å². The van der Waals surface area contributed by atoms with Gasteiger partial charge in [-0.05, 0) is 36.4 Å². The molecule has 0 unspecified atom stereocenters. The monoisotopic (exact) mass is 300 g/mol. The van der Waals surface area contributed by atoms with E-state index in [2.05, 4.69) is 0 Å². The molecule has 1 amide bonds. The molecule has 7 heteroatoms. The van der Waals surface area contributed by atoms with E-state index in [1.54, 1.807) is 18.2 Å². The third-order valence-corrected chi connectivity index (χ3v) is 3.80. The van der Waals surface area contributed by atoms with E-state index in [-0.39, 0.29) is 40.0 Å². The number of carbonyl (C=O) groups excluding carboxylic acids is 1. The Morgan fingerprint density at radius 3 is 2.05 bits per heavy atom. The SMILES string of the molecule is Nc1ccc(S(=O)(=O)NC(=O)c2ccccc2)cc1.[NaH]. The first-order valence-electron chi connectivity index (χ1n) is 5.47. The van der Waals surface area contributed by atoms with Crippen molar-refractivity contribution < 1.29 is 13.2 Å². The summed E-state index contributed by atoms with van der Waals surface area (Å²) < 4.78 is 25.9. The van der Waals surface area contributed by atoms with E-state index in [1.165, 1.54) is 36.4 Å². The molecule has 0 aromatic heterocycles. The molecule has 0 radical (unpaired) electrons. The Bertz CT molecular complexity index is 685. The number of nitrogen functional groups attached to an aromatic ring is 1. The summed E-state index contributed by atoms with van der Waals surface area (Å²) in [6.45, 7) is 0. The molecule has 0 atom stereocenters. The molecule has 100 valence electrons. The van der Waals surface area contributed by atoms with Gasteiger partial charge in [-0.15, -0.1) is 0 Å². The van der Waals surface area contributed by atoms with Gasteiger partial charge in [-0.3, -0.25) is 4.79 Å². The van der Waals surface area contributed by atoms with Gasteiger partial charge in [0.2, 0.25) is 0 Å². The van der Waals surface area contributed by atoms with E-state index in [1.807, 2.05) is 4.72 Å². The quantitative estimate of drug-likeness (QED) is 0.646. The van der Waals surface area contributed by atoms with Gasteiger partial charge in [-0.25, -0.2) is 13.1 Å². The Labute approximate surface area is 139 Å². The summed E-state index contributed by atoms with van der Waals surface area (Å²) in [5, 5.41) is 0. The van der Waals surface area contributed by atoms with Crippen molar-refractivity contribution in [2.75, 3.05) is 5.73 Å². The Balaban J connectivity index is 0.00000200. The van der Waals surface area contributed by atoms with Gasteiger partial charge in [-0.2, -0.15) is 0 Å². The van der Waals surface area contributed by atoms with Crippen molar-refractivity contribution in [3.63, 3.8) is 0 Å². The van der Waals surface area contributed by atoms with Crippen LogP contribution in [0.15, 0.2) is 59.5 Å². The summed E-state index contributed by atoms with van der Waals surface area (Å²) in [6, 6.07) is 13.7. The van der Waals surface area contributed by atoms with Crippen molar-refractivity contribution in [2.24, 2.45) is 0 Å². The molecule has 5 nitrogen and oxygen atoms in total. The Morgan fingerprint density at radius 2 is 1.50 bits per heavy atom. The Kier molecular flexibility index (Phi) is 5.76. The molecule has 0 saturated heterocycles. The fraction of sp³-hybridized carbons (Fsp3) is 0. The number of amides is 1. The van der Waals surface area contributed by atoms with Crippen LogP contribution in [0.25, 0.3) is 0 Å². The average Bonchev–Trinajstić information content (AvgIpc) is 2.40. The van der Waals surface area contributed by atoms with E-state index in [0.717, 1.165) is 0 Å². The molecular weight excluding hydrogens is 287 g/mol. The van der Waals surface area contributed by atoms with Gasteiger partial charge in [0.15, 0.2) is 0 Å². The first-order chi connectivity index (χ1) is 8.99. The van der Waals surface area contributed by atoms with Gasteiger partial charge in [0.25, 0.3) is 15.9 Å². The number of anilines is 1. The van der Waals surface area contributed by atoms with Crippen LogP contribution in [0.3, 0.4) is 0 Å². The summed E-state index contributed by atoms with van der Waals surface area (Å²) in [4.78, 5) is 11.8. The second-order valence-corrected chi connectivity index (χ2v) is 5.55. The minimum absolute atomic E-state index is 0. The summed E-state index contributed by atoms with van der Waals surface area (Å²) in [6.07, 6.45) is 0. The maximum absolute atomic E-state index is 12.0. The fourth-order valence-corrected chi connectivity index (χ4v) is 2.45. The van der Waals surface area contributed by atoms with Crippen LogP contribution >= 0.6 is 0 Å². The number of rotatable bonds is 3. The van der Waals surface area contributed by atoms with E-state index in [9.17, 15) is 13.2 Å². The molecule has 0 bridgehead atoms. The van der Waals surface area contributed by atoms with Gasteiger partial charge < -0.3 is 5.73 Å². The molecule has 20 heavy (non-hydrogen) atoms. The number of nitrogens with two attached hydrogens (primary N) is 1. The molecule has 0 aliphatic carbocycles. The molecule has 2 aromatic rings. The molecule has 0 heterocycles. The average molecular weight is 300 g/mol. The van der Waals surface area contributed by atoms with E-state index in [0.29, 0.717) is 5.69 Å². The van der Waals surface area contributed by atoms with Crippen molar-refractivity contribution in [3.8, 4) is 0 Å². The van der Waals surface area contributed by atoms with Crippen LogP contribution in [0.5, 0.6) is 0 Å². The van der Waals surface area contributed by atoms with Crippen molar-refractivity contribution >= 4 is 51.2 Å². The van der Waals surface area contributed by atoms with Gasteiger partial charge in [-0.1, -0.05) is 18.2 Å². The Morgan fingerprint density at radius 1 is 0.950 bits per heavy atom. The van der Waals surface area contributed by atoms with E-state index >= 15 is 0 Å². The number of benzene rings is 2. The number of hydrogen-bond donors (Lipinski definition) is 2. The summed E-state index contributed by atoms with van der Waals surface area (Å²) >= 11 is 0. The van der Waals surface area contributed by atoms with Gasteiger partial charge in [0.05, 0.1) is 4.90 Å². The van der Waals surface area contributed by atoms with Crippen molar-refractivity contribution in [1.29, 1.82) is 0 Å². The number of carbonyl (C=O) groups is 1. The van der Waals surface area contributed by atoms with Crippen LogP contribution in [0.1, 0.15) is 10.4 Å². The standard InChI is InChI=1S/C13H12N2O3S.Na.H/c14-11-6-8-12(9-7-11)19(17,18)15-13(16)10-4-2-1-3-5-10;;/h1-9H,14H2,(H,15,16);;. The topological polar surface area (TPSA) is 89.3 Å². The number of hydrogen-bond acceptors (Lipinski definition) is 4. The third kappa shape index (κ3) is 4.08. The normalized spacial score (nSPS) is 10.4. The van der Waals surface area contributed by atoms with Crippen LogP contribution in [-0.2, 0) is 10.0 Å². The molecule has 0 aliphatic rings. The van der Waals surface area contributed by atoms with Gasteiger partial charge in [0, 0.05) is 11.3 Å². The second-order valence-electron chi connectivity index (χ2n) is 3.87. The Hall–Kier alpha value is -1.34. The van der Waals surface area contributed by atoms with E-state index in [4.69, 9.17) is 5.73 Å². The molecule has 0 spiro atoms. The molecule has 0 saturated carbocycles. The molecule has 0 aliphatic heterocycles. The fourth-order valence-electron chi connectivity index (χ4n) is 1.48. The zero-order valence-electron chi connectivity index (χ0n) is 9.91. The maximum atomic E-state index is 12.0. The first kappa shape index (κ1) is 16.7. The molecule has 2 aromatic carbocycles.